The first-order valence-electron chi connectivity index (χ1n) is 14.2. The first-order valence-corrected chi connectivity index (χ1v) is 15.3. The Morgan fingerprint density at radius 2 is 1.76 bits per heavy atom. The van der Waals surface area contributed by atoms with E-state index < -0.39 is 74.7 Å². The number of ether oxygens (including phenoxy) is 1. The van der Waals surface area contributed by atoms with Gasteiger partial charge in [0.1, 0.15) is 18.1 Å². The standard InChI is InChI=1S/C30H26Cl3F3N4O6/c1-38-26(44)28(32)13-17-14(22(29(28,33)27(38)45)15-5-3-4-6-19(15)46-12-11-41)7-8-16-21(17)25(43)40(24(16)42)39(2)23-18(31)9-10-20(37-23)30(34,35)36/h3-7,9-10,16-17,21-22,41H,8,11-13H2,1-2H3. The quantitative estimate of drug-likeness (QED) is 0.271. The summed E-state index contributed by atoms with van der Waals surface area (Å²) in [6, 6.07) is 8.25. The summed E-state index contributed by atoms with van der Waals surface area (Å²) in [5, 5.41) is 10.8. The fourth-order valence-corrected chi connectivity index (χ4v) is 8.52. The van der Waals surface area contributed by atoms with Crippen molar-refractivity contribution in [3.63, 3.8) is 0 Å². The maximum absolute atomic E-state index is 14.2. The van der Waals surface area contributed by atoms with Gasteiger partial charge in [-0.05, 0) is 37.0 Å². The van der Waals surface area contributed by atoms with Gasteiger partial charge in [0, 0.05) is 25.6 Å². The lowest BCUT2D eigenvalue weighted by Gasteiger charge is -2.51. The highest BCUT2D eigenvalue weighted by Gasteiger charge is 2.76. The number of aliphatic hydroxyl groups excluding tert-OH is 1. The van der Waals surface area contributed by atoms with Gasteiger partial charge in [-0.2, -0.15) is 18.2 Å². The Hall–Kier alpha value is -3.39. The molecule has 3 fully saturated rings. The van der Waals surface area contributed by atoms with E-state index in [1.807, 2.05) is 0 Å². The number of halogens is 6. The Bertz CT molecular complexity index is 1710. The van der Waals surface area contributed by atoms with E-state index in [1.165, 1.54) is 14.1 Å². The predicted octanol–water partition coefficient (Wildman–Crippen LogP) is 4.16. The molecule has 1 aromatic heterocycles. The van der Waals surface area contributed by atoms with Crippen LogP contribution in [-0.4, -0.2) is 80.7 Å². The van der Waals surface area contributed by atoms with Gasteiger partial charge < -0.3 is 9.84 Å². The third-order valence-electron chi connectivity index (χ3n) is 9.29. The fraction of sp³-hybridized carbons (Fsp3) is 0.433. The number of carbonyl (C=O) groups excluding carboxylic acids is 4. The lowest BCUT2D eigenvalue weighted by molar-refractivity contribution is -0.141. The Morgan fingerprint density at radius 1 is 1.07 bits per heavy atom. The number of amides is 4. The molecule has 0 bridgehead atoms. The third-order valence-corrected chi connectivity index (χ3v) is 11.0. The first kappa shape index (κ1) is 32.5. The average molecular weight is 702 g/mol. The number of rotatable bonds is 6. The van der Waals surface area contributed by atoms with Gasteiger partial charge in [-0.15, -0.1) is 23.2 Å². The monoisotopic (exact) mass is 700 g/mol. The number of allylic oxidation sites excluding steroid dienone is 2. The maximum Gasteiger partial charge on any atom is 0.433 e. The van der Waals surface area contributed by atoms with Crippen LogP contribution in [0.4, 0.5) is 19.0 Å². The van der Waals surface area contributed by atoms with Crippen LogP contribution >= 0.6 is 34.8 Å². The number of para-hydroxylation sites is 1. The molecular weight excluding hydrogens is 676 g/mol. The van der Waals surface area contributed by atoms with E-state index in [9.17, 15) is 37.5 Å². The summed E-state index contributed by atoms with van der Waals surface area (Å²) in [6.45, 7) is -0.407. The second-order valence-corrected chi connectivity index (χ2v) is 13.3. The van der Waals surface area contributed by atoms with E-state index in [0.717, 1.165) is 16.0 Å². The number of anilines is 1. The molecule has 16 heteroatoms. The lowest BCUT2D eigenvalue weighted by atomic mass is 9.56. The molecule has 2 aromatic rings. The maximum atomic E-state index is 14.2. The predicted molar refractivity (Wildman–Crippen MR) is 159 cm³/mol. The summed E-state index contributed by atoms with van der Waals surface area (Å²) in [5.74, 6) is -7.27. The van der Waals surface area contributed by atoms with Gasteiger partial charge in [-0.25, -0.2) is 4.98 Å². The molecule has 10 nitrogen and oxygen atoms in total. The number of hydrazine groups is 1. The highest BCUT2D eigenvalue weighted by atomic mass is 35.5. The number of nitrogens with zero attached hydrogens (tertiary/aromatic N) is 4. The van der Waals surface area contributed by atoms with Crippen LogP contribution in [0.3, 0.4) is 0 Å². The van der Waals surface area contributed by atoms with Gasteiger partial charge >= 0.3 is 6.18 Å². The van der Waals surface area contributed by atoms with Crippen LogP contribution in [-0.2, 0) is 25.4 Å². The Balaban J connectivity index is 1.46. The molecule has 4 aliphatic rings. The molecule has 4 amide bonds. The van der Waals surface area contributed by atoms with Crippen LogP contribution in [0.15, 0.2) is 48.0 Å². The number of aliphatic hydroxyl groups is 1. The summed E-state index contributed by atoms with van der Waals surface area (Å²) in [4.78, 5) is 55.8. The Kier molecular flexibility index (Phi) is 7.86. The lowest BCUT2D eigenvalue weighted by Crippen LogP contribution is -2.60. The second kappa shape index (κ2) is 11.1. The van der Waals surface area contributed by atoms with Crippen LogP contribution in [0.1, 0.15) is 30.0 Å². The molecule has 2 aliphatic heterocycles. The van der Waals surface area contributed by atoms with Crippen LogP contribution in [0.5, 0.6) is 5.75 Å². The molecule has 6 atom stereocenters. The van der Waals surface area contributed by atoms with Gasteiger partial charge in [-0.3, -0.25) is 29.1 Å². The number of carbonyl (C=O) groups is 4. The number of likely N-dealkylation sites (tertiary alicyclic amines) is 1. The molecule has 46 heavy (non-hydrogen) atoms. The third kappa shape index (κ3) is 4.45. The van der Waals surface area contributed by atoms with Crippen molar-refractivity contribution in [2.24, 2.45) is 17.8 Å². The SMILES string of the molecule is CN1C(=O)C2(Cl)CC3C(=CCC4C(=O)N(N(C)c5nc(C(F)(F)F)ccc5Cl)C(=O)C43)C(c3ccccc3OCCO)C2(Cl)C1=O. The van der Waals surface area contributed by atoms with Crippen molar-refractivity contribution in [1.29, 1.82) is 0 Å². The summed E-state index contributed by atoms with van der Waals surface area (Å²) < 4.78 is 46.2. The topological polar surface area (TPSA) is 120 Å². The number of hydrogen-bond donors (Lipinski definition) is 1. The Morgan fingerprint density at radius 3 is 2.43 bits per heavy atom. The van der Waals surface area contributed by atoms with Crippen LogP contribution < -0.4 is 9.75 Å². The van der Waals surface area contributed by atoms with Crippen molar-refractivity contribution in [3.8, 4) is 5.75 Å². The molecule has 3 heterocycles. The zero-order chi connectivity index (χ0) is 33.5. The minimum atomic E-state index is -4.82. The average Bonchev–Trinajstić information content (AvgIpc) is 3.34. The number of alkyl halides is 5. The number of benzene rings is 1. The molecule has 2 aliphatic carbocycles. The van der Waals surface area contributed by atoms with Gasteiger partial charge in [0.15, 0.2) is 15.6 Å². The second-order valence-electron chi connectivity index (χ2n) is 11.6. The van der Waals surface area contributed by atoms with Crippen LogP contribution in [0.2, 0.25) is 5.02 Å². The van der Waals surface area contributed by atoms with Crippen molar-refractivity contribution < 1.29 is 42.2 Å². The molecular formula is C30H26Cl3F3N4O6. The molecule has 1 N–H and O–H groups in total. The van der Waals surface area contributed by atoms with Gasteiger partial charge in [0.25, 0.3) is 23.6 Å². The number of imide groups is 2. The number of pyridine rings is 1. The van der Waals surface area contributed by atoms with Crippen LogP contribution in [0, 0.1) is 17.8 Å². The van der Waals surface area contributed by atoms with E-state index in [-0.39, 0.29) is 36.8 Å². The number of fused-ring (bicyclic) bond motifs is 4. The summed E-state index contributed by atoms with van der Waals surface area (Å²) in [7, 11) is 2.46. The van der Waals surface area contributed by atoms with Crippen molar-refractivity contribution >= 4 is 64.2 Å². The molecule has 6 rings (SSSR count). The largest absolute Gasteiger partial charge is 0.491 e. The van der Waals surface area contributed by atoms with E-state index in [2.05, 4.69) is 4.98 Å². The van der Waals surface area contributed by atoms with E-state index in [4.69, 9.17) is 39.5 Å². The minimum Gasteiger partial charge on any atom is -0.491 e. The van der Waals surface area contributed by atoms with Crippen molar-refractivity contribution in [2.45, 2.75) is 34.7 Å². The molecule has 6 unspecified atom stereocenters. The summed E-state index contributed by atoms with van der Waals surface area (Å²) in [6.07, 6.45) is -3.37. The number of aromatic nitrogens is 1. The van der Waals surface area contributed by atoms with E-state index >= 15 is 0 Å². The summed E-state index contributed by atoms with van der Waals surface area (Å²) in [5.41, 5.74) is -0.398. The van der Waals surface area contributed by atoms with Gasteiger partial charge in [0.2, 0.25) is 0 Å². The fourth-order valence-electron chi connectivity index (χ4n) is 7.29. The zero-order valence-electron chi connectivity index (χ0n) is 24.2. The molecule has 1 aromatic carbocycles. The minimum absolute atomic E-state index is 0.0194. The Labute approximate surface area is 275 Å². The van der Waals surface area contributed by atoms with Gasteiger partial charge in [-0.1, -0.05) is 41.4 Å². The summed E-state index contributed by atoms with van der Waals surface area (Å²) >= 11 is 20.6. The van der Waals surface area contributed by atoms with Crippen molar-refractivity contribution in [2.75, 3.05) is 32.3 Å². The highest BCUT2D eigenvalue weighted by molar-refractivity contribution is 6.53. The van der Waals surface area contributed by atoms with Crippen molar-refractivity contribution in [1.82, 2.24) is 14.9 Å². The van der Waals surface area contributed by atoms with Gasteiger partial charge in [0.05, 0.1) is 23.5 Å². The van der Waals surface area contributed by atoms with Crippen LogP contribution in [0.25, 0.3) is 0 Å². The van der Waals surface area contributed by atoms with Crippen molar-refractivity contribution in [3.05, 3.63) is 64.3 Å². The van der Waals surface area contributed by atoms with E-state index in [0.29, 0.717) is 22.2 Å². The molecule has 244 valence electrons. The normalized spacial score (nSPS) is 30.7. The smallest absolute Gasteiger partial charge is 0.433 e. The van der Waals surface area contributed by atoms with E-state index in [1.54, 1.807) is 30.3 Å². The molecule has 1 saturated carbocycles. The highest BCUT2D eigenvalue weighted by Crippen LogP contribution is 2.66. The molecule has 0 radical (unpaired) electrons. The number of hydrogen-bond acceptors (Lipinski definition) is 8. The molecule has 0 spiro atoms. The first-order chi connectivity index (χ1) is 21.6. The molecule has 2 saturated heterocycles. The zero-order valence-corrected chi connectivity index (χ0v) is 26.5.